The lowest BCUT2D eigenvalue weighted by Gasteiger charge is -2.49. The highest BCUT2D eigenvalue weighted by atomic mass is 32.2. The third kappa shape index (κ3) is 5.95. The number of thiazole rings is 1. The van der Waals surface area contributed by atoms with Crippen molar-refractivity contribution in [3.8, 4) is 0 Å². The molecule has 0 bridgehead atoms. The van der Waals surface area contributed by atoms with Crippen LogP contribution in [0, 0.1) is 0 Å². The first-order valence-corrected chi connectivity index (χ1v) is 14.8. The van der Waals surface area contributed by atoms with E-state index in [1.54, 1.807) is 29.9 Å². The van der Waals surface area contributed by atoms with Crippen molar-refractivity contribution in [1.82, 2.24) is 20.2 Å². The number of nitrogens with zero attached hydrogens (tertiary/aromatic N) is 4. The van der Waals surface area contributed by atoms with Crippen LogP contribution in [0.3, 0.4) is 0 Å². The summed E-state index contributed by atoms with van der Waals surface area (Å²) in [7, 11) is 0. The number of fused-ring (bicyclic) bond motifs is 1. The van der Waals surface area contributed by atoms with E-state index in [0.29, 0.717) is 23.5 Å². The lowest BCUT2D eigenvalue weighted by Crippen LogP contribution is -2.71. The number of amides is 3. The Kier molecular flexibility index (Phi) is 8.62. The number of pyridine rings is 1. The molecular weight excluding hydrogens is 577 g/mol. The van der Waals surface area contributed by atoms with Crippen LogP contribution in [0.1, 0.15) is 24.1 Å². The van der Waals surface area contributed by atoms with Gasteiger partial charge in [0.15, 0.2) is 10.8 Å². The molecule has 40 heavy (non-hydrogen) atoms. The summed E-state index contributed by atoms with van der Waals surface area (Å²) in [5.41, 5.74) is 0.762. The molecule has 0 radical (unpaired) electrons. The van der Waals surface area contributed by atoms with Crippen molar-refractivity contribution in [1.29, 1.82) is 0 Å². The minimum Gasteiger partial charge on any atom is -0.477 e. The topological polar surface area (TPSA) is 163 Å². The first-order valence-electron chi connectivity index (χ1n) is 12.0. The maximum atomic E-state index is 13.3. The minimum absolute atomic E-state index is 0.102. The molecule has 3 N–H and O–H groups in total. The van der Waals surface area contributed by atoms with Gasteiger partial charge in [0, 0.05) is 28.4 Å². The van der Waals surface area contributed by atoms with Crippen molar-refractivity contribution in [3.63, 3.8) is 0 Å². The van der Waals surface area contributed by atoms with Crippen LogP contribution < -0.4 is 10.6 Å². The molecule has 0 spiro atoms. The van der Waals surface area contributed by atoms with Gasteiger partial charge in [0.05, 0.1) is 0 Å². The van der Waals surface area contributed by atoms with Crippen LogP contribution in [0.4, 0.5) is 5.13 Å². The molecule has 2 aliphatic heterocycles. The fraction of sp³-hybridized carbons (Fsp3) is 0.240. The van der Waals surface area contributed by atoms with Crippen LogP contribution in [0.2, 0.25) is 0 Å². The van der Waals surface area contributed by atoms with E-state index in [1.165, 1.54) is 33.8 Å². The van der Waals surface area contributed by atoms with Crippen LogP contribution in [0.15, 0.2) is 63.2 Å². The molecule has 1 fully saturated rings. The number of carbonyl (C=O) groups excluding carboxylic acids is 3. The number of thioether (sulfide) groups is 2. The summed E-state index contributed by atoms with van der Waals surface area (Å²) in [6.07, 6.45) is 10.6. The molecule has 0 aromatic carbocycles. The zero-order chi connectivity index (χ0) is 28.1. The number of allylic oxidation sites excluding steroid dienone is 1. The van der Waals surface area contributed by atoms with Crippen LogP contribution in [0.25, 0.3) is 6.08 Å². The van der Waals surface area contributed by atoms with Crippen molar-refractivity contribution in [3.05, 3.63) is 69.3 Å². The van der Waals surface area contributed by atoms with E-state index in [0.717, 1.165) is 23.3 Å². The number of carboxylic acid groups (broad SMARTS) is 1. The van der Waals surface area contributed by atoms with Gasteiger partial charge in [0.1, 0.15) is 28.9 Å². The number of hydrogen-bond acceptors (Lipinski definition) is 11. The maximum absolute atomic E-state index is 13.3. The molecule has 12 nitrogen and oxygen atoms in total. The number of nitrogens with one attached hydrogen (secondary N) is 2. The first kappa shape index (κ1) is 27.6. The Bertz CT molecular complexity index is 1440. The second kappa shape index (κ2) is 12.5. The Labute approximate surface area is 240 Å². The van der Waals surface area contributed by atoms with E-state index in [9.17, 15) is 24.3 Å². The van der Waals surface area contributed by atoms with Crippen LogP contribution in [0.5, 0.6) is 0 Å². The average molecular weight is 599 g/mol. The van der Waals surface area contributed by atoms with E-state index in [4.69, 9.17) is 4.84 Å². The van der Waals surface area contributed by atoms with Gasteiger partial charge in [-0.05, 0) is 42.0 Å². The van der Waals surface area contributed by atoms with Gasteiger partial charge in [-0.2, -0.15) is 0 Å². The second-order valence-electron chi connectivity index (χ2n) is 8.53. The highest BCUT2D eigenvalue weighted by Gasteiger charge is 2.54. The highest BCUT2D eigenvalue weighted by molar-refractivity contribution is 8.08. The van der Waals surface area contributed by atoms with Gasteiger partial charge < -0.3 is 20.6 Å². The third-order valence-electron chi connectivity index (χ3n) is 5.97. The third-order valence-corrected chi connectivity index (χ3v) is 9.10. The number of β-lactam (4-membered cyclic amide) rings is 1. The lowest BCUT2D eigenvalue weighted by atomic mass is 10.0. The summed E-state index contributed by atoms with van der Waals surface area (Å²) in [4.78, 5) is 64.8. The number of carbonyl (C=O) groups is 4. The molecule has 1 saturated heterocycles. The number of anilines is 1. The SMILES string of the molecule is O=CNc1nc(C(=NOC2C=CCC2)C(=O)NC2C(=O)N3C(C(=O)O)=C(S/C=C\c4cccnc4)CS[C@@H]23)cs1. The summed E-state index contributed by atoms with van der Waals surface area (Å²) in [6, 6.07) is 2.70. The number of carboxylic acids is 1. The number of oxime groups is 1. The van der Waals surface area contributed by atoms with Crippen molar-refractivity contribution < 1.29 is 29.1 Å². The lowest BCUT2D eigenvalue weighted by molar-refractivity contribution is -0.150. The van der Waals surface area contributed by atoms with Crippen molar-refractivity contribution in [2.45, 2.75) is 30.4 Å². The van der Waals surface area contributed by atoms with E-state index in [-0.39, 0.29) is 28.3 Å². The molecule has 3 atom stereocenters. The molecular formula is C25H22N6O6S3. The molecule has 206 valence electrons. The van der Waals surface area contributed by atoms with E-state index >= 15 is 0 Å². The molecule has 1 aliphatic carbocycles. The molecule has 4 heterocycles. The molecule has 2 unspecified atom stereocenters. The summed E-state index contributed by atoms with van der Waals surface area (Å²) < 4.78 is 0. The average Bonchev–Trinajstić information content (AvgIpc) is 3.65. The predicted molar refractivity (Wildman–Crippen MR) is 152 cm³/mol. The maximum Gasteiger partial charge on any atom is 0.353 e. The van der Waals surface area contributed by atoms with Gasteiger partial charge in [-0.25, -0.2) is 9.78 Å². The summed E-state index contributed by atoms with van der Waals surface area (Å²) in [5.74, 6) is -2.13. The summed E-state index contributed by atoms with van der Waals surface area (Å²) >= 11 is 3.67. The number of aromatic nitrogens is 2. The Balaban J connectivity index is 1.31. The summed E-state index contributed by atoms with van der Waals surface area (Å²) in [6.45, 7) is 0. The quantitative estimate of drug-likeness (QED) is 0.115. The van der Waals surface area contributed by atoms with Gasteiger partial charge in [-0.15, -0.1) is 23.1 Å². The van der Waals surface area contributed by atoms with E-state index in [1.807, 2.05) is 18.2 Å². The van der Waals surface area contributed by atoms with Crippen LogP contribution in [-0.4, -0.2) is 73.2 Å². The second-order valence-corrected chi connectivity index (χ2v) is 11.5. The normalized spacial score (nSPS) is 22.2. The number of hydrogen-bond donors (Lipinski definition) is 3. The zero-order valence-corrected chi connectivity index (χ0v) is 23.1. The Hall–Kier alpha value is -3.95. The first-order chi connectivity index (χ1) is 19.5. The van der Waals surface area contributed by atoms with Gasteiger partial charge in [-0.1, -0.05) is 29.1 Å². The van der Waals surface area contributed by atoms with Gasteiger partial charge >= 0.3 is 5.97 Å². The highest BCUT2D eigenvalue weighted by Crippen LogP contribution is 2.43. The molecule has 3 aliphatic rings. The predicted octanol–water partition coefficient (Wildman–Crippen LogP) is 2.65. The molecule has 2 aromatic heterocycles. The smallest absolute Gasteiger partial charge is 0.353 e. The van der Waals surface area contributed by atoms with E-state index < -0.39 is 29.2 Å². The van der Waals surface area contributed by atoms with Crippen molar-refractivity contribution >= 4 is 76.0 Å². The molecule has 5 rings (SSSR count). The fourth-order valence-corrected chi connectivity index (χ4v) is 7.09. The van der Waals surface area contributed by atoms with Crippen LogP contribution in [-0.2, 0) is 24.0 Å². The van der Waals surface area contributed by atoms with Gasteiger partial charge in [-0.3, -0.25) is 24.3 Å². The largest absolute Gasteiger partial charge is 0.477 e. The standard InChI is InChI=1S/C25H22N6O6S3/c32-13-27-25-28-16(11-40-25)18(30-37-15-5-1-2-6-15)21(33)29-19-22(34)31-20(24(35)36)17(12-39-23(19)31)38-9-7-14-4-3-8-26-10-14/h1,3-5,7-11,13,15,19,23H,2,6,12H2,(H,29,33)(H,35,36)(H,27,28,32)/b9-7-,30-18?/t15?,19?,23-/m0/s1. The Morgan fingerprint density at radius 3 is 2.95 bits per heavy atom. The number of aliphatic carboxylic acids is 1. The Morgan fingerprint density at radius 1 is 1.35 bits per heavy atom. The van der Waals surface area contributed by atoms with Crippen molar-refractivity contribution in [2.75, 3.05) is 11.1 Å². The van der Waals surface area contributed by atoms with E-state index in [2.05, 4.69) is 25.8 Å². The van der Waals surface area contributed by atoms with Crippen LogP contribution >= 0.6 is 34.9 Å². The Morgan fingerprint density at radius 2 is 2.23 bits per heavy atom. The zero-order valence-electron chi connectivity index (χ0n) is 20.6. The summed E-state index contributed by atoms with van der Waals surface area (Å²) in [5, 5.41) is 22.0. The van der Waals surface area contributed by atoms with Crippen molar-refractivity contribution in [2.24, 2.45) is 5.16 Å². The molecule has 3 amide bonds. The molecule has 15 heteroatoms. The minimum atomic E-state index is -1.22. The fourth-order valence-electron chi connectivity index (χ4n) is 4.08. The van der Waals surface area contributed by atoms with Gasteiger partial charge in [0.2, 0.25) is 6.41 Å². The van der Waals surface area contributed by atoms with Gasteiger partial charge in [0.25, 0.3) is 11.8 Å². The molecule has 0 saturated carbocycles. The molecule has 2 aromatic rings. The number of rotatable bonds is 11. The monoisotopic (exact) mass is 598 g/mol.